The van der Waals surface area contributed by atoms with E-state index in [1.165, 1.54) is 125 Å². The Balaban J connectivity index is 0.000000147. The lowest BCUT2D eigenvalue weighted by molar-refractivity contribution is -0.385. The van der Waals surface area contributed by atoms with Gasteiger partial charge in [-0.15, -0.1) is 0 Å². The predicted octanol–water partition coefficient (Wildman–Crippen LogP) is 25.4. The SMILES string of the molecule is CC(C)C(C)c1ccc(-c2ccccc2)c(F)c1.CC(C)CCC(C)[C@H]1CCC2C3C(O)CC4C[C@H](O)CCC4(C)C3CCC21C.CC1=C(C(=O)OCCN(C)Cc2ccccc2)C(c2cccc([N+](=O)[O-])c2)C(C(C)C)=C(C)N1.CC[C@@]12C=C(C(C)C)n3c4c(c5ccccc53)CCN(CCC1)[C@@H]42.COC(=O)C1=C(C)NC(C)=C(C(C)C)C1c1ccccc1[N+](=O)[O-]. The molecule has 0 radical (unpaired) electrons. The van der Waals surface area contributed by atoms with Crippen LogP contribution in [-0.2, 0) is 32.0 Å². The third kappa shape index (κ3) is 20.5. The Bertz CT molecular complexity index is 5250. The van der Waals surface area contributed by atoms with Crippen LogP contribution >= 0.6 is 0 Å². The fourth-order valence-corrected chi connectivity index (χ4v) is 24.7. The normalized spacial score (nSPS) is 26.2. The van der Waals surface area contributed by atoms with Gasteiger partial charge in [0, 0.05) is 106 Å². The minimum absolute atomic E-state index is 0.00422. The summed E-state index contributed by atoms with van der Waals surface area (Å²) in [6.07, 6.45) is 19.7. The summed E-state index contributed by atoms with van der Waals surface area (Å²) in [6.45, 7) is 45.7. The van der Waals surface area contributed by atoms with Gasteiger partial charge in [-0.05, 0) is 251 Å². The van der Waals surface area contributed by atoms with Crippen molar-refractivity contribution < 1.29 is 43.5 Å². The number of halogens is 1. The monoisotopic (exact) mass is 1750 g/mol. The number of carbonyl (C=O) groups is 2. The molecule has 7 aromatic rings. The van der Waals surface area contributed by atoms with Crippen LogP contribution in [0.3, 0.4) is 0 Å². The van der Waals surface area contributed by atoms with E-state index in [9.17, 15) is 44.4 Å². The van der Waals surface area contributed by atoms with Gasteiger partial charge >= 0.3 is 11.9 Å². The number of nitrogens with one attached hydrogen (secondary N) is 2. The quantitative estimate of drug-likeness (QED) is 0.0282. The van der Waals surface area contributed by atoms with Gasteiger partial charge in [0.1, 0.15) is 12.4 Å². The van der Waals surface area contributed by atoms with Crippen LogP contribution < -0.4 is 10.6 Å². The lowest BCUT2D eigenvalue weighted by Crippen LogP contribution is -2.58. The fraction of sp³-hybridized carbons (Fsp3) is 0.545. The number of likely N-dealkylation sites (N-methyl/N-ethyl adjacent to an activating group) is 1. The Morgan fingerprint density at radius 1 is 0.656 bits per heavy atom. The number of allylic oxidation sites excluding steroid dienone is 7. The topological polar surface area (TPSA) is 215 Å². The zero-order chi connectivity index (χ0) is 92.7. The van der Waals surface area contributed by atoms with Crippen molar-refractivity contribution in [3.8, 4) is 11.1 Å². The number of dihydropyridines is 2. The fourth-order valence-electron chi connectivity index (χ4n) is 24.7. The van der Waals surface area contributed by atoms with Crippen molar-refractivity contribution in [3.63, 3.8) is 0 Å². The lowest BCUT2D eigenvalue weighted by atomic mass is 9.43. The number of fused-ring (bicyclic) bond motifs is 8. The Morgan fingerprint density at radius 2 is 1.28 bits per heavy atom. The number of aliphatic hydroxyl groups is 2. The zero-order valence-corrected chi connectivity index (χ0v) is 80.5. The summed E-state index contributed by atoms with van der Waals surface area (Å²) in [5, 5.41) is 52.5. The molecule has 18 heteroatoms. The van der Waals surface area contributed by atoms with Crippen molar-refractivity contribution in [1.29, 1.82) is 0 Å². The van der Waals surface area contributed by atoms with E-state index in [0.717, 1.165) is 83.1 Å². The van der Waals surface area contributed by atoms with E-state index in [2.05, 4.69) is 157 Å². The molecule has 5 aliphatic heterocycles. The third-order valence-electron chi connectivity index (χ3n) is 31.4. The van der Waals surface area contributed by atoms with Crippen molar-refractivity contribution in [3.05, 3.63) is 262 Å². The molecule has 9 aliphatic rings. The van der Waals surface area contributed by atoms with Crippen LogP contribution in [0.5, 0.6) is 0 Å². The van der Waals surface area contributed by atoms with Crippen molar-refractivity contribution in [1.82, 2.24) is 25.0 Å². The second kappa shape index (κ2) is 41.8. The van der Waals surface area contributed by atoms with E-state index < -0.39 is 33.6 Å². The number of aromatic nitrogens is 1. The van der Waals surface area contributed by atoms with Crippen LogP contribution in [0.1, 0.15) is 272 Å². The Labute approximate surface area is 763 Å². The van der Waals surface area contributed by atoms with Crippen LogP contribution in [-0.4, -0.2) is 99.0 Å². The van der Waals surface area contributed by atoms with E-state index >= 15 is 0 Å². The second-order valence-corrected chi connectivity index (χ2v) is 41.0. The largest absolute Gasteiger partial charge is 0.466 e. The average molecular weight is 1750 g/mol. The molecule has 0 bridgehead atoms. The highest BCUT2D eigenvalue weighted by Crippen LogP contribution is 2.69. The van der Waals surface area contributed by atoms with Crippen LogP contribution in [0, 0.1) is 107 Å². The number of non-ortho nitro benzene ring substituents is 1. The number of para-hydroxylation sites is 2. The van der Waals surface area contributed by atoms with E-state index in [1.807, 2.05) is 108 Å². The molecule has 16 rings (SSSR count). The number of rotatable bonds is 22. The molecule has 6 aromatic carbocycles. The molecule has 0 amide bonds. The molecular formula is C110H148FN7O10. The number of nitrogens with zero attached hydrogens (tertiary/aromatic N) is 5. The number of ether oxygens (including phenoxy) is 2. The number of hydrogen-bond donors (Lipinski definition) is 4. The molecule has 1 aromatic heterocycles. The van der Waals surface area contributed by atoms with E-state index in [-0.39, 0.29) is 47.8 Å². The number of nitro benzene ring substituents is 2. The van der Waals surface area contributed by atoms with Crippen molar-refractivity contribution in [2.45, 2.75) is 264 Å². The smallest absolute Gasteiger partial charge is 0.336 e. The highest BCUT2D eigenvalue weighted by molar-refractivity contribution is 5.94. The van der Waals surface area contributed by atoms with E-state index in [4.69, 9.17) is 9.47 Å². The first-order valence-electron chi connectivity index (χ1n) is 48.0. The molecule has 4 N–H and O–H groups in total. The Hall–Kier alpha value is -9.33. The first-order valence-corrected chi connectivity index (χ1v) is 48.0. The summed E-state index contributed by atoms with van der Waals surface area (Å²) >= 11 is 0. The first-order chi connectivity index (χ1) is 60.9. The minimum Gasteiger partial charge on any atom is -0.466 e. The number of hydrogen-bond acceptors (Lipinski definition) is 14. The Kier molecular flexibility index (Phi) is 31.9. The molecule has 0 spiro atoms. The van der Waals surface area contributed by atoms with Gasteiger partial charge in [0.15, 0.2) is 0 Å². The maximum absolute atomic E-state index is 14.2. The number of carbonyl (C=O) groups excluding carboxylic acids is 2. The molecule has 690 valence electrons. The van der Waals surface area contributed by atoms with E-state index in [0.29, 0.717) is 104 Å². The summed E-state index contributed by atoms with van der Waals surface area (Å²) in [5.41, 5.74) is 18.6. The van der Waals surface area contributed by atoms with Crippen LogP contribution in [0.25, 0.3) is 27.7 Å². The standard InChI is InChI=1S/C27H33N3O4.C26H46O2.C22H28N2.C18H22N2O4.C17H19F/c1-18(2)24-19(3)28-20(4)25(26(24)22-12-9-13-23(16-22)30(32)33)27(31)34-15-14-29(5)17-21-10-7-6-8-11-21;1-16(2)6-7-17(3)20-8-9-21-24-22(11-13-26(20,21)5)25(4)12-10-19(27)14-18(25)15-23(24)28;1-4-22-11-7-12-23-13-10-17-16-8-5-6-9-18(16)24(20(17)21(22)23)19(14-22)15(2)3;1-10(2)15-11(3)19-12(4)16(18(21)24-5)17(15)13-8-6-7-9-14(13)20(22)23;1-12(2)13(3)15-9-10-16(17(18)11-15)14-7-5-4-6-8-14/h6-13,16,18,26,28H,14-15,17H2,1-5H3;16-24,27-28H,6-15H2,1-5H3;5-6,8-9,14-15,21H,4,7,10-13H2,1-3H3;6-10,17,19H,1-5H3;4-13H,1-3H3/t;17?,18?,19-,20-,21?,22?,23?,24?,25?,26?;21-,22-;;/m.10../s1. The van der Waals surface area contributed by atoms with Crippen molar-refractivity contribution >= 4 is 39.9 Å². The average Bonchev–Trinajstić information content (AvgIpc) is 1.53. The molecule has 6 heterocycles. The van der Waals surface area contributed by atoms with Crippen molar-refractivity contribution in [2.24, 2.45) is 81.3 Å². The number of aliphatic hydroxyl groups excluding tert-OH is 2. The second-order valence-electron chi connectivity index (χ2n) is 41.0. The maximum atomic E-state index is 14.2. The predicted molar refractivity (Wildman–Crippen MR) is 516 cm³/mol. The Morgan fingerprint density at radius 3 is 1.91 bits per heavy atom. The van der Waals surface area contributed by atoms with Crippen LogP contribution in [0.2, 0.25) is 0 Å². The third-order valence-corrected chi connectivity index (χ3v) is 31.4. The van der Waals surface area contributed by atoms with Crippen LogP contribution in [0.4, 0.5) is 15.8 Å². The first kappa shape index (κ1) is 97.7. The number of piperidine rings is 1. The van der Waals surface area contributed by atoms with Gasteiger partial charge in [0.2, 0.25) is 0 Å². The number of esters is 2. The molecular weight excluding hydrogens is 1600 g/mol. The highest BCUT2D eigenvalue weighted by Gasteiger charge is 2.63. The van der Waals surface area contributed by atoms with Gasteiger partial charge < -0.3 is 34.9 Å². The molecule has 4 aliphatic carbocycles. The summed E-state index contributed by atoms with van der Waals surface area (Å²) in [7, 11) is 3.31. The van der Waals surface area contributed by atoms with Gasteiger partial charge in [-0.3, -0.25) is 30.0 Å². The maximum Gasteiger partial charge on any atom is 0.336 e. The van der Waals surface area contributed by atoms with Gasteiger partial charge in [-0.1, -0.05) is 244 Å². The molecule has 1 saturated heterocycles. The summed E-state index contributed by atoms with van der Waals surface area (Å²) in [6, 6.07) is 48.2. The molecule has 4 saturated carbocycles. The number of methoxy groups -OCH3 is 1. The molecule has 17 nitrogen and oxygen atoms in total. The number of nitro groups is 2. The lowest BCUT2D eigenvalue weighted by Gasteiger charge is -2.62. The summed E-state index contributed by atoms with van der Waals surface area (Å²) < 4.78 is 27.5. The molecule has 5 fully saturated rings. The van der Waals surface area contributed by atoms with Gasteiger partial charge in [0.25, 0.3) is 11.4 Å². The molecule has 128 heavy (non-hydrogen) atoms. The van der Waals surface area contributed by atoms with Crippen molar-refractivity contribution in [2.75, 3.05) is 40.4 Å². The number of benzene rings is 6. The van der Waals surface area contributed by atoms with Gasteiger partial charge in [-0.25, -0.2) is 14.0 Å². The minimum atomic E-state index is -0.500. The summed E-state index contributed by atoms with van der Waals surface area (Å²) in [5.74, 6) is 4.69. The molecule has 15 atom stereocenters. The summed E-state index contributed by atoms with van der Waals surface area (Å²) in [4.78, 5) is 52.7. The van der Waals surface area contributed by atoms with Gasteiger partial charge in [-0.2, -0.15) is 0 Å². The van der Waals surface area contributed by atoms with Crippen LogP contribution in [0.15, 0.2) is 203 Å². The molecule has 11 unspecified atom stereocenters. The highest BCUT2D eigenvalue weighted by atomic mass is 19.1. The van der Waals surface area contributed by atoms with Gasteiger partial charge in [0.05, 0.1) is 51.9 Å². The zero-order valence-electron chi connectivity index (χ0n) is 80.5. The van der Waals surface area contributed by atoms with E-state index in [1.54, 1.807) is 54.6 Å².